The number of likely N-dealkylation sites (tertiary alicyclic amines) is 1. The van der Waals surface area contributed by atoms with Gasteiger partial charge in [0, 0.05) is 38.3 Å². The number of aryl methyl sites for hydroxylation is 1. The lowest BCUT2D eigenvalue weighted by Gasteiger charge is -2.32. The van der Waals surface area contributed by atoms with Crippen LogP contribution in [0, 0.1) is 6.92 Å². The van der Waals surface area contributed by atoms with Gasteiger partial charge >= 0.3 is 0 Å². The molecule has 1 saturated heterocycles. The van der Waals surface area contributed by atoms with Gasteiger partial charge < -0.3 is 10.2 Å². The van der Waals surface area contributed by atoms with E-state index in [2.05, 4.69) is 21.4 Å². The minimum atomic E-state index is 0.159. The van der Waals surface area contributed by atoms with Crippen molar-refractivity contribution in [3.63, 3.8) is 0 Å². The van der Waals surface area contributed by atoms with Crippen molar-refractivity contribution in [3.8, 4) is 0 Å². The highest BCUT2D eigenvalue weighted by Gasteiger charge is 2.23. The first-order chi connectivity index (χ1) is 11.1. The molecule has 1 aliphatic rings. The fourth-order valence-corrected chi connectivity index (χ4v) is 3.04. The molecule has 120 valence electrons. The van der Waals surface area contributed by atoms with Gasteiger partial charge in [-0.05, 0) is 49.1 Å². The van der Waals surface area contributed by atoms with Crippen molar-refractivity contribution in [1.82, 2.24) is 14.9 Å². The second-order valence-electron chi connectivity index (χ2n) is 6.07. The molecule has 1 amide bonds. The largest absolute Gasteiger partial charge is 0.342 e. The normalized spacial score (nSPS) is 17.8. The third-order valence-electron chi connectivity index (χ3n) is 4.38. The van der Waals surface area contributed by atoms with Gasteiger partial charge in [0.1, 0.15) is 11.6 Å². The Labute approximate surface area is 136 Å². The molecule has 0 saturated carbocycles. The van der Waals surface area contributed by atoms with Gasteiger partial charge in [-0.2, -0.15) is 0 Å². The number of nitrogens with zero attached hydrogens (tertiary/aromatic N) is 3. The third kappa shape index (κ3) is 3.67. The van der Waals surface area contributed by atoms with Crippen molar-refractivity contribution in [2.75, 3.05) is 18.4 Å². The zero-order valence-corrected chi connectivity index (χ0v) is 13.6. The highest BCUT2D eigenvalue weighted by atomic mass is 16.2. The van der Waals surface area contributed by atoms with Crippen LogP contribution in [0.25, 0.3) is 0 Å². The molecular weight excluding hydrogens is 288 g/mol. The van der Waals surface area contributed by atoms with E-state index in [9.17, 15) is 4.79 Å². The maximum atomic E-state index is 11.6. The highest BCUT2D eigenvalue weighted by molar-refractivity contribution is 5.73. The lowest BCUT2D eigenvalue weighted by Crippen LogP contribution is -2.37. The van der Waals surface area contributed by atoms with E-state index >= 15 is 0 Å². The third-order valence-corrected chi connectivity index (χ3v) is 4.38. The van der Waals surface area contributed by atoms with E-state index in [4.69, 9.17) is 0 Å². The van der Waals surface area contributed by atoms with Gasteiger partial charge in [0.05, 0.1) is 0 Å². The van der Waals surface area contributed by atoms with E-state index < -0.39 is 0 Å². The Bertz CT molecular complexity index is 701. The van der Waals surface area contributed by atoms with Gasteiger partial charge in [0.25, 0.3) is 0 Å². The number of nitrogens with one attached hydrogen (secondary N) is 1. The molecule has 5 heteroatoms. The number of rotatable bonds is 3. The number of amides is 1. The molecule has 1 aliphatic heterocycles. The summed E-state index contributed by atoms with van der Waals surface area (Å²) in [6.07, 6.45) is 5.75. The average molecular weight is 310 g/mol. The number of anilines is 2. The second kappa shape index (κ2) is 6.77. The number of pyridine rings is 2. The fourth-order valence-electron chi connectivity index (χ4n) is 3.04. The fraction of sp³-hybridized carbons (Fsp3) is 0.389. The number of carbonyl (C=O) groups is 1. The van der Waals surface area contributed by atoms with E-state index in [0.717, 1.165) is 43.1 Å². The predicted octanol–water partition coefficient (Wildman–Crippen LogP) is 3.25. The average Bonchev–Trinajstić information content (AvgIpc) is 2.57. The molecule has 0 spiro atoms. The van der Waals surface area contributed by atoms with Crippen molar-refractivity contribution in [2.24, 2.45) is 0 Å². The zero-order chi connectivity index (χ0) is 16.2. The predicted molar refractivity (Wildman–Crippen MR) is 90.7 cm³/mol. The second-order valence-corrected chi connectivity index (χ2v) is 6.07. The summed E-state index contributed by atoms with van der Waals surface area (Å²) in [6, 6.07) is 8.06. The number of hydrogen-bond acceptors (Lipinski definition) is 4. The molecular formula is C18H22N4O. The molecule has 0 aliphatic carbocycles. The summed E-state index contributed by atoms with van der Waals surface area (Å²) in [7, 11) is 0. The van der Waals surface area contributed by atoms with Crippen molar-refractivity contribution in [3.05, 3.63) is 47.8 Å². The first-order valence-corrected chi connectivity index (χ1v) is 8.03. The van der Waals surface area contributed by atoms with Gasteiger partial charge in [0.2, 0.25) is 5.91 Å². The highest BCUT2D eigenvalue weighted by Crippen LogP contribution is 2.28. The van der Waals surface area contributed by atoms with Crippen LogP contribution >= 0.6 is 0 Å². The summed E-state index contributed by atoms with van der Waals surface area (Å²) >= 11 is 0. The van der Waals surface area contributed by atoms with Crippen molar-refractivity contribution >= 4 is 17.5 Å². The number of carbonyl (C=O) groups excluding carboxylic acids is 1. The van der Waals surface area contributed by atoms with Crippen LogP contribution in [0.15, 0.2) is 36.7 Å². The van der Waals surface area contributed by atoms with Crippen LogP contribution in [-0.4, -0.2) is 33.9 Å². The monoisotopic (exact) mass is 310 g/mol. The van der Waals surface area contributed by atoms with Crippen molar-refractivity contribution < 1.29 is 4.79 Å². The maximum absolute atomic E-state index is 11.6. The van der Waals surface area contributed by atoms with E-state index in [1.54, 1.807) is 13.1 Å². The summed E-state index contributed by atoms with van der Waals surface area (Å²) < 4.78 is 0. The standard InChI is InChI=1S/C18H22N4O/c1-13-5-3-8-20-18(13)21-17-11-15(7-9-19-17)16-6-4-10-22(12-16)14(2)23/h3,5,7-9,11,16H,4,6,10,12H2,1-2H3,(H,19,20,21)/t16-/m1/s1. The summed E-state index contributed by atoms with van der Waals surface area (Å²) in [4.78, 5) is 22.3. The molecule has 0 aromatic carbocycles. The zero-order valence-electron chi connectivity index (χ0n) is 13.6. The lowest BCUT2D eigenvalue weighted by atomic mass is 9.91. The summed E-state index contributed by atoms with van der Waals surface area (Å²) in [6.45, 7) is 5.33. The molecule has 5 nitrogen and oxygen atoms in total. The Morgan fingerprint density at radius 1 is 1.30 bits per heavy atom. The molecule has 0 unspecified atom stereocenters. The molecule has 3 rings (SSSR count). The van der Waals surface area contributed by atoms with E-state index in [1.807, 2.05) is 36.2 Å². The minimum absolute atomic E-state index is 0.159. The number of aromatic nitrogens is 2. The van der Waals surface area contributed by atoms with Crippen LogP contribution in [0.1, 0.15) is 36.8 Å². The molecule has 1 atom stereocenters. The van der Waals surface area contributed by atoms with Gasteiger partial charge in [-0.25, -0.2) is 9.97 Å². The summed E-state index contributed by atoms with van der Waals surface area (Å²) in [5, 5.41) is 3.28. The maximum Gasteiger partial charge on any atom is 0.219 e. The number of piperidine rings is 1. The molecule has 0 bridgehead atoms. The van der Waals surface area contributed by atoms with Gasteiger partial charge in [-0.3, -0.25) is 4.79 Å². The van der Waals surface area contributed by atoms with Crippen LogP contribution in [0.3, 0.4) is 0 Å². The Morgan fingerprint density at radius 2 is 2.17 bits per heavy atom. The van der Waals surface area contributed by atoms with Crippen molar-refractivity contribution in [2.45, 2.75) is 32.6 Å². The molecule has 3 heterocycles. The van der Waals surface area contributed by atoms with Crippen LogP contribution in [0.2, 0.25) is 0 Å². The molecule has 1 N–H and O–H groups in total. The van der Waals surface area contributed by atoms with E-state index in [1.165, 1.54) is 5.56 Å². The molecule has 2 aromatic heterocycles. The van der Waals surface area contributed by atoms with Crippen molar-refractivity contribution in [1.29, 1.82) is 0 Å². The topological polar surface area (TPSA) is 58.1 Å². The quantitative estimate of drug-likeness (QED) is 0.945. The summed E-state index contributed by atoms with van der Waals surface area (Å²) in [5.74, 6) is 2.16. The van der Waals surface area contributed by atoms with Crippen LogP contribution in [0.4, 0.5) is 11.6 Å². The van der Waals surface area contributed by atoms with Gasteiger partial charge in [0.15, 0.2) is 0 Å². The van der Waals surface area contributed by atoms with E-state index in [0.29, 0.717) is 5.92 Å². The first kappa shape index (κ1) is 15.5. The van der Waals surface area contributed by atoms with Crippen LogP contribution in [0.5, 0.6) is 0 Å². The first-order valence-electron chi connectivity index (χ1n) is 8.03. The van der Waals surface area contributed by atoms with Gasteiger partial charge in [-0.15, -0.1) is 0 Å². The van der Waals surface area contributed by atoms with Crippen LogP contribution < -0.4 is 5.32 Å². The summed E-state index contributed by atoms with van der Waals surface area (Å²) in [5.41, 5.74) is 2.31. The van der Waals surface area contributed by atoms with E-state index in [-0.39, 0.29) is 5.91 Å². The SMILES string of the molecule is CC(=O)N1CCC[C@@H](c2ccnc(Nc3ncccc3C)c2)C1. The lowest BCUT2D eigenvalue weighted by molar-refractivity contribution is -0.130. The molecule has 0 radical (unpaired) electrons. The molecule has 1 fully saturated rings. The van der Waals surface area contributed by atoms with Crippen LogP contribution in [-0.2, 0) is 4.79 Å². The Morgan fingerprint density at radius 3 is 2.96 bits per heavy atom. The Kier molecular flexibility index (Phi) is 4.55. The van der Waals surface area contributed by atoms with Gasteiger partial charge in [-0.1, -0.05) is 6.07 Å². The Hall–Kier alpha value is -2.43. The number of hydrogen-bond donors (Lipinski definition) is 1. The smallest absolute Gasteiger partial charge is 0.219 e. The Balaban J connectivity index is 1.77. The molecule has 23 heavy (non-hydrogen) atoms. The minimum Gasteiger partial charge on any atom is -0.342 e. The molecule has 2 aromatic rings.